The van der Waals surface area contributed by atoms with E-state index in [0.29, 0.717) is 18.1 Å². The first-order chi connectivity index (χ1) is 8.29. The van der Waals surface area contributed by atoms with Crippen molar-refractivity contribution in [3.8, 4) is 0 Å². The van der Waals surface area contributed by atoms with E-state index in [-0.39, 0.29) is 0 Å². The molecule has 3 unspecified atom stereocenters. The average Bonchev–Trinajstić information content (AvgIpc) is 2.77. The minimum Gasteiger partial charge on any atom is -0.378 e. The summed E-state index contributed by atoms with van der Waals surface area (Å²) in [7, 11) is 0. The Kier molecular flexibility index (Phi) is 4.51. The summed E-state index contributed by atoms with van der Waals surface area (Å²) in [5.41, 5.74) is 1.30. The van der Waals surface area contributed by atoms with Crippen molar-refractivity contribution in [2.45, 2.75) is 38.8 Å². The highest BCUT2D eigenvalue weighted by molar-refractivity contribution is 5.10. The predicted molar refractivity (Wildman–Crippen MR) is 68.9 cm³/mol. The molecule has 1 saturated heterocycles. The first kappa shape index (κ1) is 12.5. The summed E-state index contributed by atoms with van der Waals surface area (Å²) in [4.78, 5) is 4.18. The molecule has 0 aliphatic carbocycles. The lowest BCUT2D eigenvalue weighted by molar-refractivity contribution is 0.117. The zero-order valence-corrected chi connectivity index (χ0v) is 10.7. The number of rotatable bonds is 5. The molecule has 1 N–H and O–H groups in total. The minimum atomic E-state index is 0.412. The van der Waals surface area contributed by atoms with Gasteiger partial charge >= 0.3 is 0 Å². The number of nitrogens with zero attached hydrogens (tertiary/aromatic N) is 1. The molecule has 3 nitrogen and oxygen atoms in total. The molecule has 3 atom stereocenters. The van der Waals surface area contributed by atoms with Crippen molar-refractivity contribution in [1.82, 2.24) is 10.3 Å². The van der Waals surface area contributed by atoms with Gasteiger partial charge in [0.05, 0.1) is 12.7 Å². The number of aromatic nitrogens is 1. The summed E-state index contributed by atoms with van der Waals surface area (Å²) < 4.78 is 5.67. The molecular formula is C14H22N2O. The van der Waals surface area contributed by atoms with Crippen LogP contribution in [0.1, 0.15) is 25.8 Å². The largest absolute Gasteiger partial charge is 0.378 e. The Balaban J connectivity index is 1.97. The molecule has 0 aromatic carbocycles. The second kappa shape index (κ2) is 6.12. The molecule has 2 rings (SSSR count). The standard InChI is InChI=1S/C14H22N2O/c1-3-16-14(13-7-11(2)17-10-13)8-12-5-4-6-15-9-12/h4-6,9,11,13-14,16H,3,7-8,10H2,1-2H3. The highest BCUT2D eigenvalue weighted by atomic mass is 16.5. The Morgan fingerprint density at radius 1 is 1.59 bits per heavy atom. The Labute approximate surface area is 104 Å². The third kappa shape index (κ3) is 3.51. The van der Waals surface area contributed by atoms with E-state index in [4.69, 9.17) is 4.74 Å². The lowest BCUT2D eigenvalue weighted by Gasteiger charge is -2.23. The molecule has 0 radical (unpaired) electrons. The molecule has 2 heterocycles. The summed E-state index contributed by atoms with van der Waals surface area (Å²) in [5.74, 6) is 0.630. The van der Waals surface area contributed by atoms with Gasteiger partial charge in [0.1, 0.15) is 0 Å². The van der Waals surface area contributed by atoms with Gasteiger partial charge in [-0.3, -0.25) is 4.98 Å². The molecule has 1 aliphatic rings. The molecular weight excluding hydrogens is 212 g/mol. The second-order valence-corrected chi connectivity index (χ2v) is 4.87. The van der Waals surface area contributed by atoms with Crippen molar-refractivity contribution in [3.63, 3.8) is 0 Å². The van der Waals surface area contributed by atoms with Gasteiger partial charge in [0.15, 0.2) is 0 Å². The van der Waals surface area contributed by atoms with Crippen LogP contribution < -0.4 is 5.32 Å². The van der Waals surface area contributed by atoms with Crippen LogP contribution in [0.15, 0.2) is 24.5 Å². The maximum atomic E-state index is 5.67. The van der Waals surface area contributed by atoms with Crippen molar-refractivity contribution >= 4 is 0 Å². The molecule has 0 amide bonds. The maximum Gasteiger partial charge on any atom is 0.0551 e. The van der Waals surface area contributed by atoms with Crippen LogP contribution in [0.2, 0.25) is 0 Å². The lowest BCUT2D eigenvalue weighted by Crippen LogP contribution is -2.38. The molecule has 1 fully saturated rings. The van der Waals surface area contributed by atoms with Crippen LogP contribution in [0.25, 0.3) is 0 Å². The van der Waals surface area contributed by atoms with Crippen molar-refractivity contribution in [3.05, 3.63) is 30.1 Å². The molecule has 1 aromatic rings. The summed E-state index contributed by atoms with van der Waals surface area (Å²) in [5, 5.41) is 3.59. The predicted octanol–water partition coefficient (Wildman–Crippen LogP) is 2.03. The van der Waals surface area contributed by atoms with Crippen LogP contribution in [0.3, 0.4) is 0 Å². The number of ether oxygens (including phenoxy) is 1. The number of nitrogens with one attached hydrogen (secondary N) is 1. The minimum absolute atomic E-state index is 0.412. The van der Waals surface area contributed by atoms with Crippen LogP contribution in [0.5, 0.6) is 0 Å². The Bertz CT molecular complexity index is 328. The summed E-state index contributed by atoms with van der Waals surface area (Å²) in [6.45, 7) is 6.22. The molecule has 1 aromatic heterocycles. The zero-order valence-electron chi connectivity index (χ0n) is 10.7. The smallest absolute Gasteiger partial charge is 0.0551 e. The fourth-order valence-electron chi connectivity index (χ4n) is 2.57. The number of hydrogen-bond donors (Lipinski definition) is 1. The van der Waals surface area contributed by atoms with Crippen LogP contribution in [0.4, 0.5) is 0 Å². The Morgan fingerprint density at radius 2 is 2.47 bits per heavy atom. The van der Waals surface area contributed by atoms with Gasteiger partial charge in [0.25, 0.3) is 0 Å². The third-order valence-corrected chi connectivity index (χ3v) is 3.44. The average molecular weight is 234 g/mol. The van der Waals surface area contributed by atoms with Gasteiger partial charge in [0.2, 0.25) is 0 Å². The van der Waals surface area contributed by atoms with E-state index in [2.05, 4.69) is 30.2 Å². The summed E-state index contributed by atoms with van der Waals surface area (Å²) in [6, 6.07) is 4.66. The molecule has 0 saturated carbocycles. The monoisotopic (exact) mass is 234 g/mol. The van der Waals surface area contributed by atoms with E-state index in [9.17, 15) is 0 Å². The van der Waals surface area contributed by atoms with Gasteiger partial charge < -0.3 is 10.1 Å². The van der Waals surface area contributed by atoms with E-state index in [1.54, 1.807) is 0 Å². The highest BCUT2D eigenvalue weighted by Crippen LogP contribution is 2.24. The van der Waals surface area contributed by atoms with Gasteiger partial charge in [0, 0.05) is 24.4 Å². The zero-order chi connectivity index (χ0) is 12.1. The van der Waals surface area contributed by atoms with Crippen LogP contribution >= 0.6 is 0 Å². The maximum absolute atomic E-state index is 5.67. The van der Waals surface area contributed by atoms with Gasteiger partial charge in [-0.2, -0.15) is 0 Å². The van der Waals surface area contributed by atoms with Crippen molar-refractivity contribution < 1.29 is 4.74 Å². The van der Waals surface area contributed by atoms with Crippen LogP contribution in [0, 0.1) is 5.92 Å². The van der Waals surface area contributed by atoms with Crippen LogP contribution in [-0.4, -0.2) is 30.3 Å². The van der Waals surface area contributed by atoms with Gasteiger partial charge in [-0.15, -0.1) is 0 Å². The van der Waals surface area contributed by atoms with Gasteiger partial charge in [-0.1, -0.05) is 13.0 Å². The first-order valence-electron chi connectivity index (χ1n) is 6.53. The molecule has 94 valence electrons. The van der Waals surface area contributed by atoms with E-state index in [1.807, 2.05) is 18.5 Å². The van der Waals surface area contributed by atoms with E-state index < -0.39 is 0 Å². The van der Waals surface area contributed by atoms with Crippen LogP contribution in [-0.2, 0) is 11.2 Å². The Morgan fingerprint density at radius 3 is 3.06 bits per heavy atom. The number of pyridine rings is 1. The quantitative estimate of drug-likeness (QED) is 0.846. The van der Waals surface area contributed by atoms with E-state index >= 15 is 0 Å². The Hall–Kier alpha value is -0.930. The van der Waals surface area contributed by atoms with E-state index in [0.717, 1.165) is 26.0 Å². The normalized spacial score (nSPS) is 26.0. The summed E-state index contributed by atoms with van der Waals surface area (Å²) in [6.07, 6.45) is 6.41. The third-order valence-electron chi connectivity index (χ3n) is 3.44. The molecule has 17 heavy (non-hydrogen) atoms. The van der Waals surface area contributed by atoms with Crippen molar-refractivity contribution in [2.75, 3.05) is 13.2 Å². The van der Waals surface area contributed by atoms with Crippen molar-refractivity contribution in [1.29, 1.82) is 0 Å². The number of likely N-dealkylation sites (N-methyl/N-ethyl adjacent to an activating group) is 1. The highest BCUT2D eigenvalue weighted by Gasteiger charge is 2.29. The fraction of sp³-hybridized carbons (Fsp3) is 0.643. The SMILES string of the molecule is CCNC(Cc1cccnc1)C1COC(C)C1. The number of hydrogen-bond acceptors (Lipinski definition) is 3. The molecule has 1 aliphatic heterocycles. The van der Waals surface area contributed by atoms with Crippen molar-refractivity contribution in [2.24, 2.45) is 5.92 Å². The molecule has 0 bridgehead atoms. The van der Waals surface area contributed by atoms with E-state index in [1.165, 1.54) is 5.56 Å². The summed E-state index contributed by atoms with van der Waals surface area (Å²) >= 11 is 0. The first-order valence-corrected chi connectivity index (χ1v) is 6.53. The fourth-order valence-corrected chi connectivity index (χ4v) is 2.57. The molecule has 3 heteroatoms. The van der Waals surface area contributed by atoms with Gasteiger partial charge in [-0.05, 0) is 37.9 Å². The lowest BCUT2D eigenvalue weighted by atomic mass is 9.92. The topological polar surface area (TPSA) is 34.2 Å². The second-order valence-electron chi connectivity index (χ2n) is 4.87. The molecule has 0 spiro atoms. The van der Waals surface area contributed by atoms with Gasteiger partial charge in [-0.25, -0.2) is 0 Å².